The predicted octanol–water partition coefficient (Wildman–Crippen LogP) is 3.20. The normalized spacial score (nSPS) is 10.9. The molecule has 0 spiro atoms. The molecule has 0 aliphatic heterocycles. The Balaban J connectivity index is 2.11. The fourth-order valence-electron chi connectivity index (χ4n) is 1.96. The topological polar surface area (TPSA) is 66.4 Å². The van der Waals surface area contributed by atoms with Crippen molar-refractivity contribution in [3.8, 4) is 17.2 Å². The zero-order valence-electron chi connectivity index (χ0n) is 13.8. The van der Waals surface area contributed by atoms with Crippen LogP contribution in [0.5, 0.6) is 17.2 Å². The van der Waals surface area contributed by atoms with Crippen molar-refractivity contribution in [2.45, 2.75) is 13.5 Å². The van der Waals surface area contributed by atoms with Crippen molar-refractivity contribution in [1.29, 1.82) is 0 Å². The molecule has 2 aromatic rings. The lowest BCUT2D eigenvalue weighted by Crippen LogP contribution is -2.18. The quantitative estimate of drug-likeness (QED) is 0.338. The minimum Gasteiger partial charge on any atom is -0.493 e. The number of nitrogens with zero attached hydrogens (tertiary/aromatic N) is 1. The molecule has 0 heterocycles. The van der Waals surface area contributed by atoms with Gasteiger partial charge < -0.3 is 19.0 Å². The minimum absolute atomic E-state index is 0.123. The van der Waals surface area contributed by atoms with Crippen LogP contribution in [0.15, 0.2) is 53.7 Å². The van der Waals surface area contributed by atoms with Crippen LogP contribution in [0, 0.1) is 0 Å². The van der Waals surface area contributed by atoms with Crippen molar-refractivity contribution in [2.75, 3.05) is 14.2 Å². The van der Waals surface area contributed by atoms with Gasteiger partial charge >= 0.3 is 5.97 Å². The molecule has 0 atom stereocenters. The molecule has 0 unspecified atom stereocenters. The van der Waals surface area contributed by atoms with Crippen LogP contribution >= 0.6 is 0 Å². The monoisotopic (exact) mass is 329 g/mol. The number of hydrogen-bond donors (Lipinski definition) is 0. The number of rotatable bonds is 7. The fourth-order valence-corrected chi connectivity index (χ4v) is 1.96. The van der Waals surface area contributed by atoms with Crippen LogP contribution in [0.25, 0.3) is 0 Å². The molecule has 6 heteroatoms. The van der Waals surface area contributed by atoms with Gasteiger partial charge in [0.05, 0.1) is 7.11 Å². The first-order valence-electron chi connectivity index (χ1n) is 7.29. The van der Waals surface area contributed by atoms with Crippen molar-refractivity contribution < 1.29 is 23.8 Å². The summed E-state index contributed by atoms with van der Waals surface area (Å²) >= 11 is 0. The van der Waals surface area contributed by atoms with E-state index in [0.717, 1.165) is 5.56 Å². The highest BCUT2D eigenvalue weighted by atomic mass is 16.6. The second kappa shape index (κ2) is 8.57. The highest BCUT2D eigenvalue weighted by Gasteiger charge is 2.13. The second-order valence-electron chi connectivity index (χ2n) is 4.80. The highest BCUT2D eigenvalue weighted by Crippen LogP contribution is 2.28. The fraction of sp³-hybridized carbons (Fsp3) is 0.222. The molecule has 0 aliphatic rings. The van der Waals surface area contributed by atoms with Crippen LogP contribution in [0.1, 0.15) is 12.5 Å². The smallest absolute Gasteiger partial charge is 0.361 e. The average molecular weight is 329 g/mol. The molecule has 0 saturated heterocycles. The van der Waals surface area contributed by atoms with E-state index >= 15 is 0 Å². The lowest BCUT2D eigenvalue weighted by atomic mass is 10.2. The molecular formula is C18H19NO5. The summed E-state index contributed by atoms with van der Waals surface area (Å²) in [7, 11) is 2.95. The SMILES string of the molecule is CON=C(C)C(=O)Oc1ccccc1COc1ccccc1OC. The number of esters is 1. The van der Waals surface area contributed by atoms with Gasteiger partial charge in [0, 0.05) is 5.56 Å². The number of ether oxygens (including phenoxy) is 3. The Labute approximate surface area is 140 Å². The lowest BCUT2D eigenvalue weighted by Gasteiger charge is -2.13. The summed E-state index contributed by atoms with van der Waals surface area (Å²) in [6.45, 7) is 1.74. The Bertz CT molecular complexity index is 727. The summed E-state index contributed by atoms with van der Waals surface area (Å²) in [4.78, 5) is 16.5. The van der Waals surface area contributed by atoms with Gasteiger partial charge in [-0.05, 0) is 25.1 Å². The van der Waals surface area contributed by atoms with E-state index in [1.165, 1.54) is 14.0 Å². The van der Waals surface area contributed by atoms with Gasteiger partial charge in [0.25, 0.3) is 0 Å². The number of carbonyl (C=O) groups is 1. The number of methoxy groups -OCH3 is 1. The molecule has 0 amide bonds. The van der Waals surface area contributed by atoms with Gasteiger partial charge in [-0.15, -0.1) is 0 Å². The van der Waals surface area contributed by atoms with Gasteiger partial charge in [0.1, 0.15) is 19.5 Å². The number of para-hydroxylation sites is 3. The zero-order valence-corrected chi connectivity index (χ0v) is 13.8. The number of oxime groups is 1. The Morgan fingerprint density at radius 2 is 1.58 bits per heavy atom. The van der Waals surface area contributed by atoms with E-state index in [1.54, 1.807) is 19.2 Å². The van der Waals surface area contributed by atoms with E-state index in [2.05, 4.69) is 9.99 Å². The highest BCUT2D eigenvalue weighted by molar-refractivity contribution is 6.35. The van der Waals surface area contributed by atoms with Gasteiger partial charge in [0.15, 0.2) is 17.2 Å². The van der Waals surface area contributed by atoms with E-state index in [0.29, 0.717) is 17.2 Å². The molecule has 6 nitrogen and oxygen atoms in total. The maximum Gasteiger partial charge on any atom is 0.361 e. The van der Waals surface area contributed by atoms with Gasteiger partial charge in [-0.25, -0.2) is 4.79 Å². The van der Waals surface area contributed by atoms with Crippen LogP contribution in [0.2, 0.25) is 0 Å². The first kappa shape index (κ1) is 17.3. The second-order valence-corrected chi connectivity index (χ2v) is 4.80. The maximum absolute atomic E-state index is 11.9. The Hall–Kier alpha value is -3.02. The molecule has 0 fully saturated rings. The molecule has 24 heavy (non-hydrogen) atoms. The maximum atomic E-state index is 11.9. The number of benzene rings is 2. The van der Waals surface area contributed by atoms with E-state index in [4.69, 9.17) is 14.2 Å². The van der Waals surface area contributed by atoms with Crippen molar-refractivity contribution in [3.05, 3.63) is 54.1 Å². The summed E-state index contributed by atoms with van der Waals surface area (Å²) in [5, 5.41) is 3.56. The summed E-state index contributed by atoms with van der Waals surface area (Å²) in [6, 6.07) is 14.5. The van der Waals surface area contributed by atoms with Crippen LogP contribution in [-0.2, 0) is 16.2 Å². The third-order valence-corrected chi connectivity index (χ3v) is 3.15. The van der Waals surface area contributed by atoms with Gasteiger partial charge in [-0.2, -0.15) is 0 Å². The number of hydrogen-bond acceptors (Lipinski definition) is 6. The lowest BCUT2D eigenvalue weighted by molar-refractivity contribution is -0.127. The first-order chi connectivity index (χ1) is 11.7. The summed E-state index contributed by atoms with van der Waals surface area (Å²) in [6.07, 6.45) is 0. The molecule has 0 N–H and O–H groups in total. The molecule has 0 bridgehead atoms. The van der Waals surface area contributed by atoms with Gasteiger partial charge in [-0.3, -0.25) is 0 Å². The summed E-state index contributed by atoms with van der Waals surface area (Å²) < 4.78 is 16.4. The predicted molar refractivity (Wildman–Crippen MR) is 89.5 cm³/mol. The molecule has 2 rings (SSSR count). The Morgan fingerprint density at radius 3 is 2.25 bits per heavy atom. The van der Waals surface area contributed by atoms with Crippen LogP contribution in [-0.4, -0.2) is 25.9 Å². The van der Waals surface area contributed by atoms with Crippen molar-refractivity contribution >= 4 is 11.7 Å². The van der Waals surface area contributed by atoms with Gasteiger partial charge in [0.2, 0.25) is 0 Å². The molecule has 0 aromatic heterocycles. The molecular weight excluding hydrogens is 310 g/mol. The minimum atomic E-state index is -0.582. The largest absolute Gasteiger partial charge is 0.493 e. The van der Waals surface area contributed by atoms with E-state index in [-0.39, 0.29) is 12.3 Å². The first-order valence-corrected chi connectivity index (χ1v) is 7.29. The van der Waals surface area contributed by atoms with E-state index in [1.807, 2.05) is 36.4 Å². The van der Waals surface area contributed by atoms with Crippen LogP contribution < -0.4 is 14.2 Å². The number of carbonyl (C=O) groups excluding carboxylic acids is 1. The van der Waals surface area contributed by atoms with Crippen molar-refractivity contribution in [2.24, 2.45) is 5.16 Å². The van der Waals surface area contributed by atoms with Crippen LogP contribution in [0.3, 0.4) is 0 Å². The van der Waals surface area contributed by atoms with E-state index in [9.17, 15) is 4.79 Å². The Morgan fingerprint density at radius 1 is 0.958 bits per heavy atom. The zero-order chi connectivity index (χ0) is 17.4. The Kier molecular flexibility index (Phi) is 6.19. The molecule has 0 aliphatic carbocycles. The summed E-state index contributed by atoms with van der Waals surface area (Å²) in [5.74, 6) is 1.07. The van der Waals surface area contributed by atoms with Crippen molar-refractivity contribution in [3.63, 3.8) is 0 Å². The summed E-state index contributed by atoms with van der Waals surface area (Å²) in [5.41, 5.74) is 0.847. The molecule has 0 radical (unpaired) electrons. The van der Waals surface area contributed by atoms with Crippen molar-refractivity contribution in [1.82, 2.24) is 0 Å². The third kappa shape index (κ3) is 4.49. The molecule has 126 valence electrons. The van der Waals surface area contributed by atoms with Gasteiger partial charge in [-0.1, -0.05) is 35.5 Å². The van der Waals surface area contributed by atoms with Crippen LogP contribution in [0.4, 0.5) is 0 Å². The average Bonchev–Trinajstić information content (AvgIpc) is 2.61. The standard InChI is InChI=1S/C18H19NO5/c1-13(19-22-3)18(20)24-15-9-5-4-8-14(15)12-23-17-11-7-6-10-16(17)21-2/h4-11H,12H2,1-3H3. The molecule has 2 aromatic carbocycles. The third-order valence-electron chi connectivity index (χ3n) is 3.15. The van der Waals surface area contributed by atoms with E-state index < -0.39 is 5.97 Å². The molecule has 0 saturated carbocycles.